The minimum Gasteiger partial charge on any atom is -0.479 e. The van der Waals surface area contributed by atoms with E-state index < -0.39 is 24.6 Å². The lowest BCUT2D eigenvalue weighted by Gasteiger charge is -2.07. The normalized spacial score (nSPS) is 12.2. The van der Waals surface area contributed by atoms with E-state index in [0.717, 1.165) is 0 Å². The van der Waals surface area contributed by atoms with Crippen molar-refractivity contribution in [3.8, 4) is 0 Å². The van der Waals surface area contributed by atoms with Gasteiger partial charge in [0, 0.05) is 0 Å². The second-order valence-corrected chi connectivity index (χ2v) is 2.57. The van der Waals surface area contributed by atoms with Gasteiger partial charge in [-0.25, -0.2) is 4.79 Å². The van der Waals surface area contributed by atoms with Crippen molar-refractivity contribution in [3.63, 3.8) is 0 Å². The fourth-order valence-corrected chi connectivity index (χ4v) is 0.775. The third-order valence-corrected chi connectivity index (χ3v) is 1.34. The summed E-state index contributed by atoms with van der Waals surface area (Å²) in [7, 11) is 0. The van der Waals surface area contributed by atoms with Crippen LogP contribution in [0.4, 0.5) is 0 Å². The van der Waals surface area contributed by atoms with Gasteiger partial charge in [0.15, 0.2) is 6.61 Å². The Kier molecular flexibility index (Phi) is 5.48. The molecule has 0 aromatic rings. The number of hydrogen-bond acceptors (Lipinski definition) is 5. The van der Waals surface area contributed by atoms with Gasteiger partial charge in [-0.3, -0.25) is 4.79 Å². The van der Waals surface area contributed by atoms with E-state index in [9.17, 15) is 9.59 Å². The summed E-state index contributed by atoms with van der Waals surface area (Å²) in [6.07, 6.45) is 0.377. The van der Waals surface area contributed by atoms with Crippen molar-refractivity contribution in [1.29, 1.82) is 0 Å². The zero-order valence-corrected chi connectivity index (χ0v) is 7.29. The van der Waals surface area contributed by atoms with Crippen LogP contribution < -0.4 is 5.73 Å². The number of carboxylic acids is 1. The van der Waals surface area contributed by atoms with Crippen LogP contribution in [0.5, 0.6) is 0 Å². The maximum absolute atomic E-state index is 10.8. The van der Waals surface area contributed by atoms with Crippen LogP contribution in [0.25, 0.3) is 0 Å². The molecule has 3 N–H and O–H groups in total. The highest BCUT2D eigenvalue weighted by Gasteiger charge is 2.14. The average Bonchev–Trinajstić information content (AvgIpc) is 2.00. The molecule has 0 rings (SSSR count). The Hall–Kier alpha value is -0.750. The number of thiol groups is 1. The molecule has 0 saturated heterocycles. The molecular weight excluding hydrogens is 182 g/mol. The van der Waals surface area contributed by atoms with Crippen LogP contribution in [0, 0.1) is 0 Å². The summed E-state index contributed by atoms with van der Waals surface area (Å²) in [5, 5.41) is 8.14. The number of carbonyl (C=O) groups excluding carboxylic acids is 1. The van der Waals surface area contributed by atoms with Crippen LogP contribution >= 0.6 is 12.6 Å². The monoisotopic (exact) mass is 193 g/mol. The summed E-state index contributed by atoms with van der Waals surface area (Å²) < 4.78 is 4.32. The second-order valence-electron chi connectivity index (χ2n) is 2.12. The molecule has 12 heavy (non-hydrogen) atoms. The van der Waals surface area contributed by atoms with E-state index >= 15 is 0 Å². The van der Waals surface area contributed by atoms with E-state index in [1.807, 2.05) is 0 Å². The Labute approximate surface area is 75.3 Å². The minimum atomic E-state index is -1.19. The Morgan fingerprint density at radius 3 is 2.58 bits per heavy atom. The highest BCUT2D eigenvalue weighted by Crippen LogP contribution is 1.93. The van der Waals surface area contributed by atoms with Gasteiger partial charge < -0.3 is 15.6 Å². The first-order valence-electron chi connectivity index (χ1n) is 3.32. The maximum Gasteiger partial charge on any atom is 0.341 e. The van der Waals surface area contributed by atoms with E-state index in [1.165, 1.54) is 0 Å². The zero-order chi connectivity index (χ0) is 9.56. The fourth-order valence-electron chi connectivity index (χ4n) is 0.497. The highest BCUT2D eigenvalue weighted by atomic mass is 32.1. The number of ether oxygens (including phenoxy) is 1. The molecule has 5 nitrogen and oxygen atoms in total. The summed E-state index contributed by atoms with van der Waals surface area (Å²) in [4.78, 5) is 20.7. The van der Waals surface area contributed by atoms with Gasteiger partial charge in [-0.05, 0) is 12.2 Å². The molecule has 1 atom stereocenters. The van der Waals surface area contributed by atoms with Gasteiger partial charge >= 0.3 is 11.9 Å². The molecule has 0 saturated carbocycles. The molecule has 0 unspecified atom stereocenters. The molecular formula is C6H11NO4S. The van der Waals surface area contributed by atoms with Crippen LogP contribution in [-0.4, -0.2) is 35.4 Å². The van der Waals surface area contributed by atoms with Gasteiger partial charge in [0.05, 0.1) is 0 Å². The Bertz CT molecular complexity index is 173. The van der Waals surface area contributed by atoms with Gasteiger partial charge in [-0.1, -0.05) is 0 Å². The van der Waals surface area contributed by atoms with E-state index in [4.69, 9.17) is 10.8 Å². The molecule has 0 aromatic carbocycles. The molecule has 0 aliphatic heterocycles. The van der Waals surface area contributed by atoms with Crippen molar-refractivity contribution in [3.05, 3.63) is 0 Å². The number of carbonyl (C=O) groups is 2. The molecule has 0 aromatic heterocycles. The lowest BCUT2D eigenvalue weighted by atomic mass is 10.2. The van der Waals surface area contributed by atoms with Crippen molar-refractivity contribution in [2.45, 2.75) is 12.5 Å². The van der Waals surface area contributed by atoms with E-state index in [2.05, 4.69) is 17.4 Å². The number of esters is 1. The van der Waals surface area contributed by atoms with Crippen molar-refractivity contribution >= 4 is 24.6 Å². The van der Waals surface area contributed by atoms with Crippen LogP contribution in [0.15, 0.2) is 0 Å². The third kappa shape index (κ3) is 4.97. The molecule has 0 fully saturated rings. The fraction of sp³-hybridized carbons (Fsp3) is 0.667. The van der Waals surface area contributed by atoms with Crippen LogP contribution in [0.3, 0.4) is 0 Å². The Morgan fingerprint density at radius 1 is 1.58 bits per heavy atom. The molecule has 0 aliphatic carbocycles. The minimum absolute atomic E-state index is 0.377. The zero-order valence-electron chi connectivity index (χ0n) is 6.40. The number of carboxylic acid groups (broad SMARTS) is 1. The van der Waals surface area contributed by atoms with Gasteiger partial charge in [0.1, 0.15) is 6.04 Å². The molecule has 0 radical (unpaired) electrons. The summed E-state index contributed by atoms with van der Waals surface area (Å²) in [5.41, 5.74) is 5.30. The number of nitrogens with two attached hydrogens (primary N) is 1. The summed E-state index contributed by atoms with van der Waals surface area (Å²) in [5.74, 6) is -1.43. The molecule has 0 aliphatic rings. The predicted octanol–water partition coefficient (Wildman–Crippen LogP) is -0.739. The van der Waals surface area contributed by atoms with E-state index in [-0.39, 0.29) is 0 Å². The lowest BCUT2D eigenvalue weighted by Crippen LogP contribution is -2.33. The van der Waals surface area contributed by atoms with Crippen LogP contribution in [0.2, 0.25) is 0 Å². The van der Waals surface area contributed by atoms with Gasteiger partial charge in [-0.2, -0.15) is 12.6 Å². The average molecular weight is 193 g/mol. The quantitative estimate of drug-likeness (QED) is 0.395. The van der Waals surface area contributed by atoms with Crippen LogP contribution in [0.1, 0.15) is 6.42 Å². The molecule has 0 heterocycles. The number of aliphatic carboxylic acids is 1. The summed E-state index contributed by atoms with van der Waals surface area (Å²) in [6, 6.07) is -0.776. The molecule has 6 heteroatoms. The topological polar surface area (TPSA) is 89.6 Å². The number of hydrogen-bond donors (Lipinski definition) is 3. The van der Waals surface area contributed by atoms with Gasteiger partial charge in [0.25, 0.3) is 0 Å². The maximum atomic E-state index is 10.8. The summed E-state index contributed by atoms with van der Waals surface area (Å²) >= 11 is 3.86. The van der Waals surface area contributed by atoms with Crippen molar-refractivity contribution < 1.29 is 19.4 Å². The van der Waals surface area contributed by atoms with Crippen LogP contribution in [-0.2, 0) is 14.3 Å². The van der Waals surface area contributed by atoms with Crippen molar-refractivity contribution in [2.75, 3.05) is 12.4 Å². The smallest absolute Gasteiger partial charge is 0.341 e. The molecule has 0 amide bonds. The largest absolute Gasteiger partial charge is 0.479 e. The second kappa shape index (κ2) is 5.84. The molecule has 0 spiro atoms. The Balaban J connectivity index is 3.64. The van der Waals surface area contributed by atoms with Crippen molar-refractivity contribution in [1.82, 2.24) is 0 Å². The van der Waals surface area contributed by atoms with Crippen molar-refractivity contribution in [2.24, 2.45) is 5.73 Å². The predicted molar refractivity (Wildman–Crippen MR) is 45.0 cm³/mol. The van der Waals surface area contributed by atoms with E-state index in [1.54, 1.807) is 0 Å². The third-order valence-electron chi connectivity index (χ3n) is 1.08. The van der Waals surface area contributed by atoms with E-state index in [0.29, 0.717) is 12.2 Å². The first-order valence-corrected chi connectivity index (χ1v) is 3.96. The standard InChI is InChI=1S/C6H11NO4S/c7-4(1-2-12)6(10)11-3-5(8)9/h4,12H,1-3,7H2,(H,8,9)/t4-/m0/s1. The molecule has 70 valence electrons. The lowest BCUT2D eigenvalue weighted by molar-refractivity contribution is -0.156. The van der Waals surface area contributed by atoms with Gasteiger partial charge in [-0.15, -0.1) is 0 Å². The summed E-state index contributed by atoms with van der Waals surface area (Å²) in [6.45, 7) is -0.640. The first kappa shape index (κ1) is 11.2. The first-order chi connectivity index (χ1) is 5.57. The SMILES string of the molecule is N[C@@H](CCS)C(=O)OCC(=O)O. The Morgan fingerprint density at radius 2 is 2.17 bits per heavy atom. The molecule has 0 bridgehead atoms. The van der Waals surface area contributed by atoms with Gasteiger partial charge in [0.2, 0.25) is 0 Å². The highest BCUT2D eigenvalue weighted by molar-refractivity contribution is 7.80. The number of rotatable bonds is 5.